The van der Waals surface area contributed by atoms with Crippen molar-refractivity contribution in [1.29, 1.82) is 0 Å². The van der Waals surface area contributed by atoms with Crippen LogP contribution in [-0.4, -0.2) is 24.2 Å². The number of aliphatic hydroxyl groups is 1. The van der Waals surface area contributed by atoms with E-state index >= 15 is 0 Å². The van der Waals surface area contributed by atoms with Gasteiger partial charge in [-0.1, -0.05) is 52.4 Å². The van der Waals surface area contributed by atoms with Gasteiger partial charge in [0.05, 0.1) is 0 Å². The van der Waals surface area contributed by atoms with Gasteiger partial charge in [0, 0.05) is 19.6 Å². The zero-order valence-electron chi connectivity index (χ0n) is 12.2. The molecule has 2 N–H and O–H groups in total. The molecule has 0 aromatic heterocycles. The fourth-order valence-corrected chi connectivity index (χ4v) is 1.94. The van der Waals surface area contributed by atoms with E-state index in [1.807, 2.05) is 6.92 Å². The van der Waals surface area contributed by atoms with Crippen LogP contribution in [-0.2, 0) is 4.79 Å². The first-order valence-electron chi connectivity index (χ1n) is 7.58. The predicted octanol–water partition coefficient (Wildman–Crippen LogP) is 3.26. The van der Waals surface area contributed by atoms with Crippen molar-refractivity contribution in [1.82, 2.24) is 5.32 Å². The van der Waals surface area contributed by atoms with Crippen molar-refractivity contribution in [2.45, 2.75) is 71.6 Å². The molecule has 0 aliphatic carbocycles. The molecule has 0 spiro atoms. The van der Waals surface area contributed by atoms with E-state index in [1.165, 1.54) is 38.5 Å². The highest BCUT2D eigenvalue weighted by Crippen LogP contribution is 2.08. The first-order valence-corrected chi connectivity index (χ1v) is 7.58. The molecule has 1 unspecified atom stereocenters. The lowest BCUT2D eigenvalue weighted by atomic mass is 10.1. The number of carbonyl (C=O) groups excluding carboxylic acids is 1. The molecule has 0 saturated heterocycles. The Bertz CT molecular complexity index is 195. The van der Waals surface area contributed by atoms with Gasteiger partial charge in [0.1, 0.15) is 0 Å². The molecule has 0 aliphatic heterocycles. The van der Waals surface area contributed by atoms with Crippen molar-refractivity contribution >= 4 is 5.91 Å². The third-order valence-corrected chi connectivity index (χ3v) is 3.28. The molecular weight excluding hydrogens is 226 g/mol. The smallest absolute Gasteiger partial charge is 0.220 e. The fourth-order valence-electron chi connectivity index (χ4n) is 1.94. The Morgan fingerprint density at radius 1 is 1.11 bits per heavy atom. The summed E-state index contributed by atoms with van der Waals surface area (Å²) in [6.45, 7) is 5.16. The van der Waals surface area contributed by atoms with E-state index in [1.54, 1.807) is 0 Å². The van der Waals surface area contributed by atoms with Gasteiger partial charge in [-0.3, -0.25) is 4.79 Å². The van der Waals surface area contributed by atoms with Crippen LogP contribution in [0.2, 0.25) is 0 Å². The van der Waals surface area contributed by atoms with Crippen LogP contribution in [0.4, 0.5) is 0 Å². The molecule has 0 aliphatic rings. The molecule has 0 aromatic carbocycles. The number of unbranched alkanes of at least 4 members (excludes halogenated alkanes) is 6. The second-order valence-electron chi connectivity index (χ2n) is 5.29. The Morgan fingerprint density at radius 3 is 2.33 bits per heavy atom. The van der Waals surface area contributed by atoms with E-state index in [2.05, 4.69) is 12.2 Å². The Labute approximate surface area is 112 Å². The van der Waals surface area contributed by atoms with E-state index in [4.69, 9.17) is 5.11 Å². The Hall–Kier alpha value is -0.570. The van der Waals surface area contributed by atoms with E-state index in [0.717, 1.165) is 12.8 Å². The molecule has 108 valence electrons. The normalized spacial score (nSPS) is 12.4. The molecule has 18 heavy (non-hydrogen) atoms. The number of carbonyl (C=O) groups is 1. The number of hydrogen-bond donors (Lipinski definition) is 2. The van der Waals surface area contributed by atoms with Crippen LogP contribution in [0.15, 0.2) is 0 Å². The summed E-state index contributed by atoms with van der Waals surface area (Å²) in [5.74, 6) is 0.529. The zero-order valence-corrected chi connectivity index (χ0v) is 12.2. The van der Waals surface area contributed by atoms with Gasteiger partial charge in [-0.25, -0.2) is 0 Å². The van der Waals surface area contributed by atoms with Gasteiger partial charge in [0.15, 0.2) is 0 Å². The molecule has 0 saturated carbocycles. The molecule has 0 rings (SSSR count). The van der Waals surface area contributed by atoms with Gasteiger partial charge >= 0.3 is 0 Å². The van der Waals surface area contributed by atoms with Crippen molar-refractivity contribution in [2.24, 2.45) is 5.92 Å². The van der Waals surface area contributed by atoms with Crippen LogP contribution in [0.5, 0.6) is 0 Å². The maximum Gasteiger partial charge on any atom is 0.220 e. The van der Waals surface area contributed by atoms with Crippen molar-refractivity contribution in [3.8, 4) is 0 Å². The summed E-state index contributed by atoms with van der Waals surface area (Å²) in [4.78, 5) is 11.5. The first-order chi connectivity index (χ1) is 8.70. The van der Waals surface area contributed by atoms with E-state index in [0.29, 0.717) is 18.9 Å². The van der Waals surface area contributed by atoms with Crippen LogP contribution >= 0.6 is 0 Å². The molecular formula is C15H31NO2. The van der Waals surface area contributed by atoms with E-state index < -0.39 is 0 Å². The summed E-state index contributed by atoms with van der Waals surface area (Å²) < 4.78 is 0. The Balaban J connectivity index is 3.26. The average molecular weight is 257 g/mol. The third kappa shape index (κ3) is 11.9. The second-order valence-corrected chi connectivity index (χ2v) is 5.29. The zero-order chi connectivity index (χ0) is 13.6. The number of rotatable bonds is 12. The summed E-state index contributed by atoms with van der Waals surface area (Å²) in [7, 11) is 0. The summed E-state index contributed by atoms with van der Waals surface area (Å²) in [6, 6.07) is 0. The number of nitrogens with one attached hydrogen (secondary N) is 1. The van der Waals surface area contributed by atoms with Crippen molar-refractivity contribution in [2.75, 3.05) is 13.2 Å². The molecule has 0 aromatic rings. The molecule has 3 nitrogen and oxygen atoms in total. The second kappa shape index (κ2) is 12.9. The van der Waals surface area contributed by atoms with Gasteiger partial charge < -0.3 is 10.4 Å². The maximum absolute atomic E-state index is 11.5. The lowest BCUT2D eigenvalue weighted by molar-refractivity contribution is -0.121. The lowest BCUT2D eigenvalue weighted by Crippen LogP contribution is -2.28. The highest BCUT2D eigenvalue weighted by Gasteiger charge is 2.04. The summed E-state index contributed by atoms with van der Waals surface area (Å²) in [6.07, 6.45) is 10.1. The summed E-state index contributed by atoms with van der Waals surface area (Å²) in [5.41, 5.74) is 0. The SMILES string of the molecule is CCCCCCCCCC(=O)NCC(C)CCO. The number of amides is 1. The lowest BCUT2D eigenvalue weighted by Gasteiger charge is -2.10. The van der Waals surface area contributed by atoms with E-state index in [9.17, 15) is 4.79 Å². The van der Waals surface area contributed by atoms with Gasteiger partial charge in [0.2, 0.25) is 5.91 Å². The summed E-state index contributed by atoms with van der Waals surface area (Å²) in [5, 5.41) is 11.7. The molecule has 1 atom stereocenters. The number of aliphatic hydroxyl groups excluding tert-OH is 1. The summed E-state index contributed by atoms with van der Waals surface area (Å²) >= 11 is 0. The predicted molar refractivity (Wildman–Crippen MR) is 76.5 cm³/mol. The van der Waals surface area contributed by atoms with Crippen LogP contribution in [0.1, 0.15) is 71.6 Å². The van der Waals surface area contributed by atoms with Gasteiger partial charge in [0.25, 0.3) is 0 Å². The monoisotopic (exact) mass is 257 g/mol. The average Bonchev–Trinajstić information content (AvgIpc) is 2.35. The van der Waals surface area contributed by atoms with Crippen molar-refractivity contribution in [3.05, 3.63) is 0 Å². The van der Waals surface area contributed by atoms with Gasteiger partial charge in [-0.05, 0) is 18.8 Å². The molecule has 3 heteroatoms. The topological polar surface area (TPSA) is 49.3 Å². The molecule has 0 fully saturated rings. The standard InChI is InChI=1S/C15H31NO2/c1-3-4-5-6-7-8-9-10-15(18)16-13-14(2)11-12-17/h14,17H,3-13H2,1-2H3,(H,16,18). The minimum absolute atomic E-state index is 0.161. The Morgan fingerprint density at radius 2 is 1.72 bits per heavy atom. The molecule has 1 amide bonds. The first kappa shape index (κ1) is 17.4. The number of hydrogen-bond acceptors (Lipinski definition) is 2. The van der Waals surface area contributed by atoms with Gasteiger partial charge in [-0.2, -0.15) is 0 Å². The van der Waals surface area contributed by atoms with Crippen LogP contribution in [0.25, 0.3) is 0 Å². The fraction of sp³-hybridized carbons (Fsp3) is 0.933. The minimum Gasteiger partial charge on any atom is -0.396 e. The quantitative estimate of drug-likeness (QED) is 0.527. The molecule has 0 heterocycles. The van der Waals surface area contributed by atoms with Crippen molar-refractivity contribution < 1.29 is 9.90 Å². The largest absolute Gasteiger partial charge is 0.396 e. The van der Waals surface area contributed by atoms with Gasteiger partial charge in [-0.15, -0.1) is 0 Å². The third-order valence-electron chi connectivity index (χ3n) is 3.28. The maximum atomic E-state index is 11.5. The highest BCUT2D eigenvalue weighted by molar-refractivity contribution is 5.75. The van der Waals surface area contributed by atoms with Crippen LogP contribution in [0.3, 0.4) is 0 Å². The van der Waals surface area contributed by atoms with Crippen LogP contribution < -0.4 is 5.32 Å². The molecule has 0 radical (unpaired) electrons. The van der Waals surface area contributed by atoms with E-state index in [-0.39, 0.29) is 12.5 Å². The Kier molecular flexibility index (Phi) is 12.5. The highest BCUT2D eigenvalue weighted by atomic mass is 16.3. The van der Waals surface area contributed by atoms with Crippen molar-refractivity contribution in [3.63, 3.8) is 0 Å². The molecule has 0 bridgehead atoms. The van der Waals surface area contributed by atoms with Crippen LogP contribution in [0, 0.1) is 5.92 Å². The minimum atomic E-state index is 0.161.